The molecule has 0 aliphatic carbocycles. The molecule has 0 saturated carbocycles. The van der Waals surface area contributed by atoms with Crippen LogP contribution in [0.3, 0.4) is 0 Å². The van der Waals surface area contributed by atoms with Gasteiger partial charge >= 0.3 is 0 Å². The molecule has 1 atom stereocenters. The predicted molar refractivity (Wildman–Crippen MR) is 76.7 cm³/mol. The van der Waals surface area contributed by atoms with E-state index in [1.807, 2.05) is 18.2 Å². The highest BCUT2D eigenvalue weighted by Gasteiger charge is 2.09. The van der Waals surface area contributed by atoms with Crippen molar-refractivity contribution in [1.82, 2.24) is 5.32 Å². The van der Waals surface area contributed by atoms with E-state index < -0.39 is 0 Å². The van der Waals surface area contributed by atoms with Crippen LogP contribution in [-0.4, -0.2) is 24.6 Å². The molecule has 17 heavy (non-hydrogen) atoms. The van der Waals surface area contributed by atoms with Crippen molar-refractivity contribution in [3.05, 3.63) is 29.8 Å². The second-order valence-corrected chi connectivity index (χ2v) is 4.61. The van der Waals surface area contributed by atoms with Crippen LogP contribution >= 0.6 is 24.0 Å². The van der Waals surface area contributed by atoms with E-state index in [0.717, 1.165) is 5.75 Å². The molecule has 0 saturated heterocycles. The summed E-state index contributed by atoms with van der Waals surface area (Å²) in [5, 5.41) is 3.36. The first-order chi connectivity index (χ1) is 7.61. The van der Waals surface area contributed by atoms with Crippen LogP contribution in [-0.2, 0) is 0 Å². The minimum atomic E-state index is 0. The van der Waals surface area contributed by atoms with Crippen LogP contribution in [0.15, 0.2) is 24.3 Å². The molecular formula is C13H21Cl2NO. The zero-order chi connectivity index (χ0) is 12.0. The van der Waals surface area contributed by atoms with Crippen LogP contribution in [0.2, 0.25) is 0 Å². The summed E-state index contributed by atoms with van der Waals surface area (Å²) in [5.41, 5.74) is 1.21. The Morgan fingerprint density at radius 2 is 2.06 bits per heavy atom. The Morgan fingerprint density at radius 3 is 2.59 bits per heavy atom. The summed E-state index contributed by atoms with van der Waals surface area (Å²) in [6, 6.07) is 8.66. The Labute approximate surface area is 115 Å². The number of benzene rings is 1. The molecule has 2 nitrogen and oxygen atoms in total. The SMILES string of the molecule is Cc1cccc(OCC(CCl)NC(C)C)c1.Cl. The standard InChI is InChI=1S/C13H20ClNO.ClH/c1-10(2)15-12(8-14)9-16-13-6-4-5-11(3)7-13;/h4-7,10,12,15H,8-9H2,1-3H3;1H. The van der Waals surface area contributed by atoms with E-state index in [4.69, 9.17) is 16.3 Å². The minimum Gasteiger partial charge on any atom is -0.492 e. The molecule has 0 aliphatic rings. The molecule has 0 aliphatic heterocycles. The maximum atomic E-state index is 5.87. The highest BCUT2D eigenvalue weighted by molar-refractivity contribution is 6.18. The quantitative estimate of drug-likeness (QED) is 0.805. The van der Waals surface area contributed by atoms with E-state index in [2.05, 4.69) is 32.2 Å². The van der Waals surface area contributed by atoms with Gasteiger partial charge in [0.2, 0.25) is 0 Å². The monoisotopic (exact) mass is 277 g/mol. The van der Waals surface area contributed by atoms with Crippen LogP contribution in [0, 0.1) is 6.92 Å². The van der Waals surface area contributed by atoms with Gasteiger partial charge in [-0.15, -0.1) is 24.0 Å². The Bertz CT molecular complexity index is 318. The molecule has 1 aromatic rings. The van der Waals surface area contributed by atoms with Gasteiger partial charge in [0, 0.05) is 11.9 Å². The van der Waals surface area contributed by atoms with E-state index >= 15 is 0 Å². The van der Waals surface area contributed by atoms with Crippen LogP contribution in [0.5, 0.6) is 5.75 Å². The lowest BCUT2D eigenvalue weighted by atomic mass is 10.2. The summed E-state index contributed by atoms with van der Waals surface area (Å²) in [5.74, 6) is 1.46. The second-order valence-electron chi connectivity index (χ2n) is 4.30. The summed E-state index contributed by atoms with van der Waals surface area (Å²) in [7, 11) is 0. The highest BCUT2D eigenvalue weighted by atomic mass is 35.5. The van der Waals surface area contributed by atoms with E-state index in [-0.39, 0.29) is 18.4 Å². The molecule has 0 amide bonds. The summed E-state index contributed by atoms with van der Waals surface area (Å²) in [4.78, 5) is 0. The van der Waals surface area contributed by atoms with Crippen molar-refractivity contribution in [3.63, 3.8) is 0 Å². The van der Waals surface area contributed by atoms with Gasteiger partial charge in [-0.25, -0.2) is 0 Å². The van der Waals surface area contributed by atoms with Gasteiger partial charge in [-0.1, -0.05) is 26.0 Å². The Morgan fingerprint density at radius 1 is 1.35 bits per heavy atom. The van der Waals surface area contributed by atoms with Crippen molar-refractivity contribution in [2.75, 3.05) is 12.5 Å². The third-order valence-electron chi connectivity index (χ3n) is 2.20. The smallest absolute Gasteiger partial charge is 0.119 e. The van der Waals surface area contributed by atoms with Gasteiger partial charge < -0.3 is 10.1 Å². The first kappa shape index (κ1) is 16.6. The lowest BCUT2D eigenvalue weighted by molar-refractivity contribution is 0.267. The fraction of sp³-hybridized carbons (Fsp3) is 0.538. The second kappa shape index (κ2) is 8.62. The highest BCUT2D eigenvalue weighted by Crippen LogP contribution is 2.12. The topological polar surface area (TPSA) is 21.3 Å². The molecule has 0 radical (unpaired) electrons. The van der Waals surface area contributed by atoms with Gasteiger partial charge in [-0.05, 0) is 24.6 Å². The maximum absolute atomic E-state index is 5.87. The zero-order valence-electron chi connectivity index (χ0n) is 10.6. The molecule has 0 heterocycles. The number of alkyl halides is 1. The Kier molecular flexibility index (Phi) is 8.40. The molecular weight excluding hydrogens is 257 g/mol. The maximum Gasteiger partial charge on any atom is 0.119 e. The van der Waals surface area contributed by atoms with E-state index in [0.29, 0.717) is 18.5 Å². The van der Waals surface area contributed by atoms with Gasteiger partial charge in [0.15, 0.2) is 0 Å². The largest absolute Gasteiger partial charge is 0.492 e. The fourth-order valence-electron chi connectivity index (χ4n) is 1.51. The number of nitrogens with one attached hydrogen (secondary N) is 1. The molecule has 0 bridgehead atoms. The van der Waals surface area contributed by atoms with Gasteiger partial charge in [0.05, 0.1) is 6.04 Å². The number of hydrogen-bond donors (Lipinski definition) is 1. The van der Waals surface area contributed by atoms with Gasteiger partial charge in [-0.2, -0.15) is 0 Å². The summed E-state index contributed by atoms with van der Waals surface area (Å²) in [6.45, 7) is 6.86. The first-order valence-electron chi connectivity index (χ1n) is 5.63. The summed E-state index contributed by atoms with van der Waals surface area (Å²) >= 11 is 5.87. The van der Waals surface area contributed by atoms with Crippen molar-refractivity contribution < 1.29 is 4.74 Å². The molecule has 0 fully saturated rings. The summed E-state index contributed by atoms with van der Waals surface area (Å²) in [6.07, 6.45) is 0. The molecule has 0 spiro atoms. The summed E-state index contributed by atoms with van der Waals surface area (Å²) < 4.78 is 5.69. The molecule has 4 heteroatoms. The molecule has 1 unspecified atom stereocenters. The predicted octanol–water partition coefficient (Wildman–Crippen LogP) is 3.40. The average molecular weight is 278 g/mol. The van der Waals surface area contributed by atoms with Crippen LogP contribution in [0.1, 0.15) is 19.4 Å². The van der Waals surface area contributed by atoms with Crippen molar-refractivity contribution in [2.45, 2.75) is 32.9 Å². The average Bonchev–Trinajstić information content (AvgIpc) is 2.24. The molecule has 0 aromatic heterocycles. The molecule has 1 rings (SSSR count). The molecule has 98 valence electrons. The number of ether oxygens (including phenoxy) is 1. The number of rotatable bonds is 6. The van der Waals surface area contributed by atoms with Crippen molar-refractivity contribution in [2.24, 2.45) is 0 Å². The van der Waals surface area contributed by atoms with Crippen molar-refractivity contribution in [1.29, 1.82) is 0 Å². The van der Waals surface area contributed by atoms with Crippen LogP contribution in [0.4, 0.5) is 0 Å². The Balaban J connectivity index is 0.00000256. The molecule has 1 N–H and O–H groups in total. The zero-order valence-corrected chi connectivity index (χ0v) is 12.1. The lowest BCUT2D eigenvalue weighted by Gasteiger charge is -2.19. The Hall–Kier alpha value is -0.440. The van der Waals surface area contributed by atoms with Gasteiger partial charge in [0.1, 0.15) is 12.4 Å². The van der Waals surface area contributed by atoms with Crippen LogP contribution in [0.25, 0.3) is 0 Å². The number of halogens is 2. The van der Waals surface area contributed by atoms with E-state index in [1.54, 1.807) is 0 Å². The third kappa shape index (κ3) is 6.77. The first-order valence-corrected chi connectivity index (χ1v) is 6.16. The normalized spacial score (nSPS) is 12.1. The number of hydrogen-bond acceptors (Lipinski definition) is 2. The lowest BCUT2D eigenvalue weighted by Crippen LogP contribution is -2.40. The van der Waals surface area contributed by atoms with Crippen molar-refractivity contribution in [3.8, 4) is 5.75 Å². The molecule has 1 aromatic carbocycles. The number of aryl methyl sites for hydroxylation is 1. The fourth-order valence-corrected chi connectivity index (χ4v) is 1.69. The van der Waals surface area contributed by atoms with Gasteiger partial charge in [0.25, 0.3) is 0 Å². The van der Waals surface area contributed by atoms with Crippen LogP contribution < -0.4 is 10.1 Å². The minimum absolute atomic E-state index is 0. The van der Waals surface area contributed by atoms with E-state index in [1.165, 1.54) is 5.56 Å². The van der Waals surface area contributed by atoms with E-state index in [9.17, 15) is 0 Å². The van der Waals surface area contributed by atoms with Crippen molar-refractivity contribution >= 4 is 24.0 Å². The van der Waals surface area contributed by atoms with Gasteiger partial charge in [-0.3, -0.25) is 0 Å². The third-order valence-corrected chi connectivity index (χ3v) is 2.57.